The maximum absolute atomic E-state index is 13.2. The number of β-amino-alcohol motifs (C(OH)–C–C–N with tert-alkyl or cyclic N) is 1. The molecule has 0 aromatic heterocycles. The van der Waals surface area contributed by atoms with Gasteiger partial charge in [0.15, 0.2) is 5.78 Å². The maximum Gasteiger partial charge on any atom is 0.235 e. The molecule has 2 N–H and O–H groups in total. The van der Waals surface area contributed by atoms with E-state index in [4.69, 9.17) is 4.74 Å². The summed E-state index contributed by atoms with van der Waals surface area (Å²) in [6, 6.07) is 14.7. The summed E-state index contributed by atoms with van der Waals surface area (Å²) in [5.74, 6) is 0.399. The number of rotatable bonds is 9. The summed E-state index contributed by atoms with van der Waals surface area (Å²) in [5, 5.41) is 13.7. The third-order valence-electron chi connectivity index (χ3n) is 5.58. The average molecular weight is 441 g/mol. The molecule has 1 amide bonds. The van der Waals surface area contributed by atoms with Crippen molar-refractivity contribution in [3.05, 3.63) is 59.7 Å². The van der Waals surface area contributed by atoms with E-state index in [1.807, 2.05) is 29.2 Å². The van der Waals surface area contributed by atoms with Crippen molar-refractivity contribution in [1.29, 1.82) is 0 Å². The molecule has 1 aliphatic heterocycles. The van der Waals surface area contributed by atoms with Crippen molar-refractivity contribution in [2.24, 2.45) is 0 Å². The van der Waals surface area contributed by atoms with Crippen LogP contribution in [0.3, 0.4) is 0 Å². The Morgan fingerprint density at radius 3 is 2.23 bits per heavy atom. The summed E-state index contributed by atoms with van der Waals surface area (Å²) in [6.07, 6.45) is -0.128. The van der Waals surface area contributed by atoms with Crippen LogP contribution in [0.2, 0.25) is 19.6 Å². The molecule has 0 spiro atoms. The first-order valence-electron chi connectivity index (χ1n) is 10.6. The summed E-state index contributed by atoms with van der Waals surface area (Å²) in [5.41, 5.74) is 1.66. The van der Waals surface area contributed by atoms with Gasteiger partial charge in [-0.25, -0.2) is 0 Å². The van der Waals surface area contributed by atoms with Gasteiger partial charge in [-0.15, -0.1) is 0 Å². The van der Waals surface area contributed by atoms with E-state index in [9.17, 15) is 14.7 Å². The van der Waals surface area contributed by atoms with E-state index in [0.717, 1.165) is 11.1 Å². The lowest BCUT2D eigenvalue weighted by molar-refractivity contribution is -0.130. The molecule has 7 heteroatoms. The van der Waals surface area contributed by atoms with Crippen LogP contribution in [0.5, 0.6) is 5.75 Å². The van der Waals surface area contributed by atoms with Crippen LogP contribution >= 0.6 is 0 Å². The number of ether oxygens (including phenoxy) is 1. The Hall–Kier alpha value is -2.48. The number of carbonyl (C=O) groups is 2. The minimum absolute atomic E-state index is 0.0667. The van der Waals surface area contributed by atoms with Crippen molar-refractivity contribution < 1.29 is 19.4 Å². The molecule has 166 valence electrons. The van der Waals surface area contributed by atoms with Gasteiger partial charge in [-0.3, -0.25) is 14.5 Å². The summed E-state index contributed by atoms with van der Waals surface area (Å²) in [4.78, 5) is 27.6. The Bertz CT molecular complexity index is 901. The fourth-order valence-corrected chi connectivity index (χ4v) is 4.82. The minimum Gasteiger partial charge on any atom is -0.497 e. The molecule has 1 atom stereocenters. The summed E-state index contributed by atoms with van der Waals surface area (Å²) in [7, 11) is 0.192. The Morgan fingerprint density at radius 2 is 1.71 bits per heavy atom. The van der Waals surface area contributed by atoms with E-state index < -0.39 is 14.1 Å². The highest BCUT2D eigenvalue weighted by Gasteiger charge is 2.28. The number of nitrogens with one attached hydrogen (secondary N) is 1. The van der Waals surface area contributed by atoms with Crippen LogP contribution in [0.1, 0.15) is 17.2 Å². The summed E-state index contributed by atoms with van der Waals surface area (Å²) < 4.78 is 5.21. The van der Waals surface area contributed by atoms with E-state index in [1.165, 1.54) is 5.19 Å². The third-order valence-corrected chi connectivity index (χ3v) is 7.65. The highest BCUT2D eigenvalue weighted by atomic mass is 28.3. The van der Waals surface area contributed by atoms with Gasteiger partial charge >= 0.3 is 0 Å². The average Bonchev–Trinajstić information content (AvgIpc) is 2.70. The number of hydrogen-bond donors (Lipinski definition) is 2. The number of aliphatic hydroxyl groups excluding tert-OH is 1. The van der Waals surface area contributed by atoms with Crippen LogP contribution in [0.4, 0.5) is 0 Å². The van der Waals surface area contributed by atoms with Gasteiger partial charge in [0.2, 0.25) is 5.91 Å². The molecule has 31 heavy (non-hydrogen) atoms. The number of methoxy groups -OCH3 is 1. The van der Waals surface area contributed by atoms with E-state index >= 15 is 0 Å². The van der Waals surface area contributed by atoms with Gasteiger partial charge < -0.3 is 15.2 Å². The Kier molecular flexibility index (Phi) is 7.30. The van der Waals surface area contributed by atoms with E-state index in [2.05, 4.69) is 37.1 Å². The fraction of sp³-hybridized carbons (Fsp3) is 0.417. The monoisotopic (exact) mass is 440 g/mol. The van der Waals surface area contributed by atoms with Crippen molar-refractivity contribution in [2.75, 3.05) is 26.7 Å². The SMILES string of the molecule is COc1ccc(C(NC(=O)CN2CC(O)C2)C(=O)Cc2ccc([Si](C)(C)C)cc2)cc1. The van der Waals surface area contributed by atoms with Gasteiger partial charge in [0, 0.05) is 19.5 Å². The molecule has 1 saturated heterocycles. The van der Waals surface area contributed by atoms with E-state index in [1.54, 1.807) is 19.2 Å². The zero-order chi connectivity index (χ0) is 22.6. The predicted molar refractivity (Wildman–Crippen MR) is 124 cm³/mol. The van der Waals surface area contributed by atoms with Crippen LogP contribution in [0.15, 0.2) is 48.5 Å². The highest BCUT2D eigenvalue weighted by Crippen LogP contribution is 2.21. The van der Waals surface area contributed by atoms with Crippen molar-refractivity contribution >= 4 is 25.0 Å². The van der Waals surface area contributed by atoms with Crippen LogP contribution in [-0.2, 0) is 16.0 Å². The number of Topliss-reactive ketones (excluding diaryl/α,β-unsaturated/α-hetero) is 1. The molecule has 1 unspecified atom stereocenters. The lowest BCUT2D eigenvalue weighted by Crippen LogP contribution is -2.54. The van der Waals surface area contributed by atoms with Crippen molar-refractivity contribution in [3.8, 4) is 5.75 Å². The molecule has 2 aromatic carbocycles. The van der Waals surface area contributed by atoms with Crippen molar-refractivity contribution in [1.82, 2.24) is 10.2 Å². The molecule has 0 radical (unpaired) electrons. The zero-order valence-corrected chi connectivity index (χ0v) is 19.7. The first-order valence-corrected chi connectivity index (χ1v) is 14.1. The van der Waals surface area contributed by atoms with Gasteiger partial charge in [0.1, 0.15) is 11.8 Å². The second-order valence-corrected chi connectivity index (χ2v) is 14.3. The number of amides is 1. The molecule has 1 aliphatic rings. The second-order valence-electron chi connectivity index (χ2n) is 9.21. The number of ketones is 1. The fourth-order valence-electron chi connectivity index (χ4n) is 3.65. The molecule has 1 fully saturated rings. The van der Waals surface area contributed by atoms with E-state index in [-0.39, 0.29) is 30.8 Å². The van der Waals surface area contributed by atoms with Gasteiger partial charge in [-0.2, -0.15) is 0 Å². The Balaban J connectivity index is 1.74. The minimum atomic E-state index is -1.40. The molecule has 3 rings (SSSR count). The number of benzene rings is 2. The van der Waals surface area contributed by atoms with Crippen LogP contribution < -0.4 is 15.2 Å². The molecule has 2 aromatic rings. The number of aliphatic hydroxyl groups is 1. The van der Waals surface area contributed by atoms with Crippen LogP contribution in [0.25, 0.3) is 0 Å². The number of hydrogen-bond acceptors (Lipinski definition) is 5. The lowest BCUT2D eigenvalue weighted by atomic mass is 9.97. The molecule has 0 bridgehead atoms. The molecule has 1 heterocycles. The highest BCUT2D eigenvalue weighted by molar-refractivity contribution is 6.88. The van der Waals surface area contributed by atoms with Gasteiger partial charge in [-0.1, -0.05) is 61.2 Å². The topological polar surface area (TPSA) is 78.9 Å². The number of carbonyl (C=O) groups excluding carboxylic acids is 2. The first-order chi connectivity index (χ1) is 14.7. The Labute approximate surface area is 185 Å². The number of nitrogens with zero attached hydrogens (tertiary/aromatic N) is 1. The summed E-state index contributed by atoms with van der Waals surface area (Å²) in [6.45, 7) is 8.01. The van der Waals surface area contributed by atoms with Crippen LogP contribution in [-0.4, -0.2) is 62.6 Å². The van der Waals surface area contributed by atoms with Gasteiger partial charge in [0.05, 0.1) is 27.8 Å². The van der Waals surface area contributed by atoms with E-state index in [0.29, 0.717) is 18.8 Å². The second kappa shape index (κ2) is 9.76. The lowest BCUT2D eigenvalue weighted by Gasteiger charge is -2.35. The third kappa shape index (κ3) is 6.26. The van der Waals surface area contributed by atoms with Crippen LogP contribution in [0, 0.1) is 0 Å². The number of likely N-dealkylation sites (tertiary alicyclic amines) is 1. The maximum atomic E-state index is 13.2. The predicted octanol–water partition coefficient (Wildman–Crippen LogP) is 1.89. The molecule has 6 nitrogen and oxygen atoms in total. The van der Waals surface area contributed by atoms with Gasteiger partial charge in [0.25, 0.3) is 0 Å². The quantitative estimate of drug-likeness (QED) is 0.582. The van der Waals surface area contributed by atoms with Crippen molar-refractivity contribution in [3.63, 3.8) is 0 Å². The largest absolute Gasteiger partial charge is 0.497 e. The van der Waals surface area contributed by atoms with Gasteiger partial charge in [-0.05, 0) is 23.3 Å². The molecular weight excluding hydrogens is 408 g/mol. The Morgan fingerprint density at radius 1 is 1.10 bits per heavy atom. The normalized spacial score (nSPS) is 15.8. The zero-order valence-electron chi connectivity index (χ0n) is 18.7. The molecule has 0 saturated carbocycles. The smallest absolute Gasteiger partial charge is 0.235 e. The van der Waals surface area contributed by atoms with Crippen molar-refractivity contribution in [2.45, 2.75) is 38.2 Å². The molecule has 0 aliphatic carbocycles. The summed E-state index contributed by atoms with van der Waals surface area (Å²) >= 11 is 0. The first kappa shape index (κ1) is 23.2. The molecular formula is C24H32N2O4Si. The standard InChI is InChI=1S/C24H32N2O4Si/c1-30-20-9-7-18(8-10-20)24(25-23(29)16-26-14-19(27)15-26)22(28)13-17-5-11-21(12-6-17)31(2,3)4/h5-12,19,24,27H,13-16H2,1-4H3,(H,25,29).